The number of nitrogens with one attached hydrogen (secondary N) is 1. The van der Waals surface area contributed by atoms with Crippen molar-refractivity contribution in [3.63, 3.8) is 0 Å². The van der Waals surface area contributed by atoms with Gasteiger partial charge in [-0.15, -0.1) is 0 Å². The molecule has 8 nitrogen and oxygen atoms in total. The number of benzene rings is 2. The van der Waals surface area contributed by atoms with Crippen LogP contribution in [0.1, 0.15) is 5.56 Å². The summed E-state index contributed by atoms with van der Waals surface area (Å²) in [5, 5.41) is 10.3. The molecular weight excluding hydrogens is 461 g/mol. The summed E-state index contributed by atoms with van der Waals surface area (Å²) in [6.45, 7) is -0.665. The van der Waals surface area contributed by atoms with Gasteiger partial charge in [-0.05, 0) is 53.7 Å². The van der Waals surface area contributed by atoms with Crippen LogP contribution >= 0.6 is 23.4 Å². The van der Waals surface area contributed by atoms with Crippen molar-refractivity contribution in [2.45, 2.75) is 0 Å². The topological polar surface area (TPSA) is 109 Å². The maximum atomic E-state index is 13.2. The molecule has 164 valence electrons. The van der Waals surface area contributed by atoms with E-state index in [2.05, 4.69) is 5.32 Å². The number of anilines is 1. The number of thioether (sulfide) groups is 1. The average molecular weight is 476 g/mol. The summed E-state index contributed by atoms with van der Waals surface area (Å²) in [6.07, 6.45) is 1.49. The maximum absolute atomic E-state index is 13.2. The van der Waals surface area contributed by atoms with Crippen LogP contribution < -0.4 is 14.8 Å². The van der Waals surface area contributed by atoms with Gasteiger partial charge in [-0.1, -0.05) is 17.7 Å². The first kappa shape index (κ1) is 23.1. The number of amides is 3. The first-order valence-electron chi connectivity index (χ1n) is 9.00. The molecule has 0 spiro atoms. The van der Waals surface area contributed by atoms with Gasteiger partial charge in [0, 0.05) is 5.69 Å². The number of carbonyl (C=O) groups excluding carboxylic acids is 3. The van der Waals surface area contributed by atoms with Crippen LogP contribution in [0.15, 0.2) is 41.3 Å². The van der Waals surface area contributed by atoms with Crippen molar-refractivity contribution in [1.29, 1.82) is 5.26 Å². The molecule has 1 saturated heterocycles. The first-order valence-corrected chi connectivity index (χ1v) is 10.2. The lowest BCUT2D eigenvalue weighted by Gasteiger charge is -2.12. The zero-order valence-electron chi connectivity index (χ0n) is 16.6. The van der Waals surface area contributed by atoms with Crippen molar-refractivity contribution < 1.29 is 28.2 Å². The van der Waals surface area contributed by atoms with Gasteiger partial charge < -0.3 is 14.8 Å². The highest BCUT2D eigenvalue weighted by atomic mass is 35.5. The lowest BCUT2D eigenvalue weighted by Crippen LogP contribution is -2.36. The Hall–Kier alpha value is -3.55. The number of carbonyl (C=O) groups is 3. The molecule has 2 aromatic carbocycles. The molecule has 1 aliphatic heterocycles. The summed E-state index contributed by atoms with van der Waals surface area (Å²) in [5.74, 6) is -1.20. The largest absolute Gasteiger partial charge is 0.493 e. The Bertz CT molecular complexity index is 1160. The monoisotopic (exact) mass is 475 g/mol. The number of rotatable bonds is 7. The van der Waals surface area contributed by atoms with E-state index >= 15 is 0 Å². The third kappa shape index (κ3) is 5.38. The quantitative estimate of drug-likeness (QED) is 0.601. The van der Waals surface area contributed by atoms with Gasteiger partial charge in [-0.3, -0.25) is 19.3 Å². The van der Waals surface area contributed by atoms with Gasteiger partial charge in [0.1, 0.15) is 18.4 Å². The Morgan fingerprint density at radius 3 is 2.75 bits per heavy atom. The summed E-state index contributed by atoms with van der Waals surface area (Å²) in [4.78, 5) is 38.1. The van der Waals surface area contributed by atoms with Crippen molar-refractivity contribution in [1.82, 2.24) is 4.90 Å². The number of methoxy groups -OCH3 is 1. The zero-order chi connectivity index (χ0) is 23.3. The second kappa shape index (κ2) is 10.2. The Morgan fingerprint density at radius 1 is 1.28 bits per heavy atom. The molecule has 0 bridgehead atoms. The van der Waals surface area contributed by atoms with E-state index in [4.69, 9.17) is 26.3 Å². The fourth-order valence-electron chi connectivity index (χ4n) is 2.71. The van der Waals surface area contributed by atoms with Crippen molar-refractivity contribution in [2.75, 3.05) is 25.6 Å². The predicted molar refractivity (Wildman–Crippen MR) is 117 cm³/mol. The molecule has 1 aliphatic rings. The number of nitriles is 1. The molecule has 2 aromatic rings. The maximum Gasteiger partial charge on any atom is 0.294 e. The van der Waals surface area contributed by atoms with Gasteiger partial charge in [0.2, 0.25) is 5.91 Å². The van der Waals surface area contributed by atoms with Crippen LogP contribution in [0.2, 0.25) is 5.02 Å². The van der Waals surface area contributed by atoms with E-state index in [0.717, 1.165) is 11.0 Å². The highest BCUT2D eigenvalue weighted by molar-refractivity contribution is 8.18. The molecule has 11 heteroatoms. The molecule has 32 heavy (non-hydrogen) atoms. The van der Waals surface area contributed by atoms with E-state index in [0.29, 0.717) is 28.8 Å². The second-order valence-electron chi connectivity index (χ2n) is 6.30. The van der Waals surface area contributed by atoms with Crippen molar-refractivity contribution in [3.8, 4) is 17.6 Å². The van der Waals surface area contributed by atoms with Gasteiger partial charge in [0.05, 0.1) is 17.0 Å². The number of halogens is 2. The van der Waals surface area contributed by atoms with E-state index in [1.807, 2.05) is 6.07 Å². The molecule has 0 aromatic heterocycles. The normalized spacial score (nSPS) is 14.4. The molecule has 1 fully saturated rings. The number of ether oxygens (including phenoxy) is 2. The average Bonchev–Trinajstić information content (AvgIpc) is 3.02. The summed E-state index contributed by atoms with van der Waals surface area (Å²) in [5.41, 5.74) is 0.789. The van der Waals surface area contributed by atoms with E-state index in [9.17, 15) is 18.8 Å². The molecule has 0 aliphatic carbocycles. The fraction of sp³-hybridized carbons (Fsp3) is 0.143. The molecule has 0 atom stereocenters. The first-order chi connectivity index (χ1) is 15.3. The highest BCUT2D eigenvalue weighted by Gasteiger charge is 2.36. The minimum atomic E-state index is -0.642. The molecule has 0 radical (unpaired) electrons. The van der Waals surface area contributed by atoms with Crippen LogP contribution in [0, 0.1) is 17.1 Å². The predicted octanol–water partition coefficient (Wildman–Crippen LogP) is 4.07. The lowest BCUT2D eigenvalue weighted by atomic mass is 10.2. The molecule has 0 unspecified atom stereocenters. The standard InChI is InChI=1S/C21H15ClFN3O5S/c1-30-17-8-12(2-5-16(17)31-7-6-24)9-18-20(28)26(21(29)32-18)11-19(27)25-13-3-4-15(23)14(22)10-13/h2-5,8-10H,7,11H2,1H3,(H,25,27)/b18-9-. The second-order valence-corrected chi connectivity index (χ2v) is 7.70. The SMILES string of the molecule is COc1cc(/C=C2\SC(=O)N(CC(=O)Nc3ccc(F)c(Cl)c3)C2=O)ccc1OCC#N. The van der Waals surface area contributed by atoms with Crippen LogP contribution in [0.25, 0.3) is 6.08 Å². The Morgan fingerprint density at radius 2 is 2.06 bits per heavy atom. The van der Waals surface area contributed by atoms with Gasteiger partial charge >= 0.3 is 0 Å². The van der Waals surface area contributed by atoms with Gasteiger partial charge in [0.25, 0.3) is 11.1 Å². The van der Waals surface area contributed by atoms with Gasteiger partial charge in [-0.25, -0.2) is 4.39 Å². The van der Waals surface area contributed by atoms with Crippen LogP contribution in [-0.2, 0) is 9.59 Å². The molecular formula is C21H15ClFN3O5S. The van der Waals surface area contributed by atoms with E-state index in [1.165, 1.54) is 25.3 Å². The Balaban J connectivity index is 1.71. The minimum Gasteiger partial charge on any atom is -0.493 e. The molecule has 0 saturated carbocycles. The number of hydrogen-bond donors (Lipinski definition) is 1. The smallest absolute Gasteiger partial charge is 0.294 e. The Kier molecular flexibility index (Phi) is 7.35. The molecule has 3 amide bonds. The summed E-state index contributed by atoms with van der Waals surface area (Å²) in [7, 11) is 1.43. The van der Waals surface area contributed by atoms with Crippen LogP contribution in [0.4, 0.5) is 14.9 Å². The summed E-state index contributed by atoms with van der Waals surface area (Å²) < 4.78 is 23.7. The highest BCUT2D eigenvalue weighted by Crippen LogP contribution is 2.34. The Labute approximate surface area is 191 Å². The summed E-state index contributed by atoms with van der Waals surface area (Å²) >= 11 is 6.37. The number of nitrogens with zero attached hydrogens (tertiary/aromatic N) is 2. The van der Waals surface area contributed by atoms with E-state index in [1.54, 1.807) is 18.2 Å². The van der Waals surface area contributed by atoms with Crippen LogP contribution in [0.5, 0.6) is 11.5 Å². The third-order valence-electron chi connectivity index (χ3n) is 4.16. The van der Waals surface area contributed by atoms with Crippen LogP contribution in [0.3, 0.4) is 0 Å². The van der Waals surface area contributed by atoms with Gasteiger partial charge in [-0.2, -0.15) is 5.26 Å². The third-order valence-corrected chi connectivity index (χ3v) is 5.35. The van der Waals surface area contributed by atoms with Crippen molar-refractivity contribution >= 4 is 52.2 Å². The fourth-order valence-corrected chi connectivity index (χ4v) is 3.73. The molecule has 1 heterocycles. The summed E-state index contributed by atoms with van der Waals surface area (Å²) in [6, 6.07) is 10.3. The van der Waals surface area contributed by atoms with E-state index in [-0.39, 0.29) is 22.2 Å². The molecule has 3 rings (SSSR count). The molecule has 1 N–H and O–H groups in total. The lowest BCUT2D eigenvalue weighted by molar-refractivity contribution is -0.127. The number of hydrogen-bond acceptors (Lipinski definition) is 7. The number of imide groups is 1. The van der Waals surface area contributed by atoms with Crippen molar-refractivity contribution in [2.24, 2.45) is 0 Å². The zero-order valence-corrected chi connectivity index (χ0v) is 18.1. The van der Waals surface area contributed by atoms with Crippen molar-refractivity contribution in [3.05, 3.63) is 57.7 Å². The van der Waals surface area contributed by atoms with Gasteiger partial charge in [0.15, 0.2) is 18.1 Å². The van der Waals surface area contributed by atoms with E-state index < -0.39 is 29.4 Å². The van der Waals surface area contributed by atoms with Crippen LogP contribution in [-0.4, -0.2) is 42.2 Å². The minimum absolute atomic E-state index is 0.125.